The third-order valence-electron chi connectivity index (χ3n) is 3.66. The lowest BCUT2D eigenvalue weighted by atomic mass is 10.2. The second-order valence-corrected chi connectivity index (χ2v) is 6.85. The molecule has 2 N–H and O–H groups in total. The normalized spacial score (nSPS) is 10.3. The first-order chi connectivity index (χ1) is 13.3. The molecule has 0 saturated heterocycles. The Morgan fingerprint density at radius 1 is 1.00 bits per heavy atom. The zero-order chi connectivity index (χ0) is 20.7. The van der Waals surface area contributed by atoms with Gasteiger partial charge in [0.1, 0.15) is 0 Å². The van der Waals surface area contributed by atoms with Crippen molar-refractivity contribution >= 4 is 46.6 Å². The van der Waals surface area contributed by atoms with Crippen molar-refractivity contribution in [3.8, 4) is 11.5 Å². The quantitative estimate of drug-likeness (QED) is 0.641. The molecule has 2 amide bonds. The van der Waals surface area contributed by atoms with Gasteiger partial charge in [0.15, 0.2) is 11.5 Å². The molecule has 150 valence electrons. The number of rotatable bonds is 8. The molecule has 28 heavy (non-hydrogen) atoms. The lowest BCUT2D eigenvalue weighted by Crippen LogP contribution is -2.36. The number of benzene rings is 2. The molecule has 2 aromatic carbocycles. The van der Waals surface area contributed by atoms with Gasteiger partial charge in [0, 0.05) is 12.1 Å². The van der Waals surface area contributed by atoms with Crippen molar-refractivity contribution in [2.45, 2.75) is 13.5 Å². The summed E-state index contributed by atoms with van der Waals surface area (Å²) in [6.07, 6.45) is 0. The molecule has 0 atom stereocenters. The lowest BCUT2D eigenvalue weighted by molar-refractivity contribution is -0.120. The maximum atomic E-state index is 12.1. The summed E-state index contributed by atoms with van der Waals surface area (Å²) in [7, 11) is 1.51. The van der Waals surface area contributed by atoms with Gasteiger partial charge >= 0.3 is 0 Å². The summed E-state index contributed by atoms with van der Waals surface area (Å²) in [6.45, 7) is 2.31. The Morgan fingerprint density at radius 3 is 2.39 bits per heavy atom. The van der Waals surface area contributed by atoms with Crippen LogP contribution in [0.25, 0.3) is 0 Å². The molecule has 0 unspecified atom stereocenters. The largest absolute Gasteiger partial charge is 0.493 e. The van der Waals surface area contributed by atoms with E-state index in [2.05, 4.69) is 10.6 Å². The first-order valence-electron chi connectivity index (χ1n) is 8.34. The summed E-state index contributed by atoms with van der Waals surface area (Å²) in [5.41, 5.74) is 1.04. The maximum Gasteiger partial charge on any atom is 0.251 e. The molecule has 0 aromatic heterocycles. The molecule has 0 fully saturated rings. The molecule has 2 aromatic rings. The van der Waals surface area contributed by atoms with Crippen molar-refractivity contribution < 1.29 is 19.1 Å². The summed E-state index contributed by atoms with van der Waals surface area (Å²) in [6, 6.07) is 7.89. The standard InChI is InChI=1S/C19H19Cl3N2O4/c1-3-28-18-15(22)6-11(7-16(18)27-2)9-23-17(25)10-24-19(26)12-4-5-13(20)14(21)8-12/h4-8H,3,9-10H2,1-2H3,(H,23,25)(H,24,26). The zero-order valence-electron chi connectivity index (χ0n) is 15.3. The Morgan fingerprint density at radius 2 is 1.75 bits per heavy atom. The number of halogens is 3. The number of carbonyl (C=O) groups is 2. The average molecular weight is 446 g/mol. The number of ether oxygens (including phenoxy) is 2. The van der Waals surface area contributed by atoms with Gasteiger partial charge in [-0.25, -0.2) is 0 Å². The van der Waals surface area contributed by atoms with Crippen molar-refractivity contribution in [3.63, 3.8) is 0 Å². The Hall–Kier alpha value is -2.15. The number of amides is 2. The molecule has 6 nitrogen and oxygen atoms in total. The first-order valence-corrected chi connectivity index (χ1v) is 9.48. The molecule has 0 saturated carbocycles. The van der Waals surface area contributed by atoms with E-state index in [9.17, 15) is 9.59 Å². The Labute approximate surface area is 178 Å². The molecule has 0 radical (unpaired) electrons. The SMILES string of the molecule is CCOc1c(Cl)cc(CNC(=O)CNC(=O)c2ccc(Cl)c(Cl)c2)cc1OC. The molecule has 0 aliphatic rings. The van der Waals surface area contributed by atoms with E-state index in [1.165, 1.54) is 25.3 Å². The van der Waals surface area contributed by atoms with Crippen molar-refractivity contribution in [3.05, 3.63) is 56.5 Å². The second kappa shape index (κ2) is 10.4. The highest BCUT2D eigenvalue weighted by molar-refractivity contribution is 6.42. The van der Waals surface area contributed by atoms with Crippen LogP contribution in [0.5, 0.6) is 11.5 Å². The highest BCUT2D eigenvalue weighted by atomic mass is 35.5. The zero-order valence-corrected chi connectivity index (χ0v) is 17.5. The van der Waals surface area contributed by atoms with E-state index in [0.717, 1.165) is 5.56 Å². The van der Waals surface area contributed by atoms with Crippen LogP contribution in [-0.4, -0.2) is 32.1 Å². The maximum absolute atomic E-state index is 12.1. The number of methoxy groups -OCH3 is 1. The van der Waals surface area contributed by atoms with Crippen LogP contribution in [0, 0.1) is 0 Å². The monoisotopic (exact) mass is 444 g/mol. The van der Waals surface area contributed by atoms with E-state index in [1.807, 2.05) is 6.92 Å². The minimum Gasteiger partial charge on any atom is -0.493 e. The first kappa shape index (κ1) is 22.1. The van der Waals surface area contributed by atoms with Crippen molar-refractivity contribution in [1.29, 1.82) is 0 Å². The molecule has 0 heterocycles. The molecule has 0 spiro atoms. The van der Waals surface area contributed by atoms with E-state index >= 15 is 0 Å². The molecule has 0 bridgehead atoms. The van der Waals surface area contributed by atoms with E-state index in [-0.39, 0.29) is 24.0 Å². The third kappa shape index (κ3) is 5.92. The summed E-state index contributed by atoms with van der Waals surface area (Å²) in [5, 5.41) is 6.22. The van der Waals surface area contributed by atoms with Crippen LogP contribution < -0.4 is 20.1 Å². The van der Waals surface area contributed by atoms with Gasteiger partial charge in [0.25, 0.3) is 5.91 Å². The Kier molecular flexibility index (Phi) is 8.23. The van der Waals surface area contributed by atoms with Crippen LogP contribution in [0.3, 0.4) is 0 Å². The van der Waals surface area contributed by atoms with E-state index < -0.39 is 5.91 Å². The number of carbonyl (C=O) groups excluding carboxylic acids is 2. The number of nitrogens with one attached hydrogen (secondary N) is 2. The molecule has 0 aliphatic heterocycles. The van der Waals surface area contributed by atoms with Crippen molar-refractivity contribution in [1.82, 2.24) is 10.6 Å². The van der Waals surface area contributed by atoms with Crippen LogP contribution in [0.15, 0.2) is 30.3 Å². The van der Waals surface area contributed by atoms with E-state index in [0.29, 0.717) is 33.7 Å². The van der Waals surface area contributed by atoms with Crippen LogP contribution in [0.1, 0.15) is 22.8 Å². The average Bonchev–Trinajstić information content (AvgIpc) is 2.68. The van der Waals surface area contributed by atoms with Gasteiger partial charge in [-0.2, -0.15) is 0 Å². The third-order valence-corrected chi connectivity index (χ3v) is 4.68. The van der Waals surface area contributed by atoms with Crippen LogP contribution in [0.2, 0.25) is 15.1 Å². The fourth-order valence-electron chi connectivity index (χ4n) is 2.32. The fraction of sp³-hybridized carbons (Fsp3) is 0.263. The van der Waals surface area contributed by atoms with Gasteiger partial charge in [-0.05, 0) is 42.8 Å². The Balaban J connectivity index is 1.91. The summed E-state index contributed by atoms with van der Waals surface area (Å²) in [5.74, 6) is 0.138. The van der Waals surface area contributed by atoms with Crippen molar-refractivity contribution in [2.24, 2.45) is 0 Å². The molecule has 2 rings (SSSR count). The highest BCUT2D eigenvalue weighted by Gasteiger charge is 2.13. The molecular weight excluding hydrogens is 427 g/mol. The number of hydrogen-bond acceptors (Lipinski definition) is 4. The minimum absolute atomic E-state index is 0.193. The predicted molar refractivity (Wildman–Crippen MR) is 110 cm³/mol. The predicted octanol–water partition coefficient (Wildman–Crippen LogP) is 4.10. The summed E-state index contributed by atoms with van der Waals surface area (Å²) < 4.78 is 10.7. The number of hydrogen-bond donors (Lipinski definition) is 2. The van der Waals surface area contributed by atoms with Gasteiger partial charge in [-0.15, -0.1) is 0 Å². The van der Waals surface area contributed by atoms with E-state index in [4.69, 9.17) is 44.3 Å². The lowest BCUT2D eigenvalue weighted by Gasteiger charge is -2.13. The minimum atomic E-state index is -0.431. The smallest absolute Gasteiger partial charge is 0.251 e. The van der Waals surface area contributed by atoms with Crippen LogP contribution >= 0.6 is 34.8 Å². The topological polar surface area (TPSA) is 76.7 Å². The van der Waals surface area contributed by atoms with Gasteiger partial charge in [-0.3, -0.25) is 9.59 Å². The fourth-order valence-corrected chi connectivity index (χ4v) is 2.91. The van der Waals surface area contributed by atoms with Crippen molar-refractivity contribution in [2.75, 3.05) is 20.3 Å². The van der Waals surface area contributed by atoms with Gasteiger partial charge in [-0.1, -0.05) is 34.8 Å². The summed E-state index contributed by atoms with van der Waals surface area (Å²) >= 11 is 17.9. The van der Waals surface area contributed by atoms with Gasteiger partial charge in [0.05, 0.1) is 35.3 Å². The van der Waals surface area contributed by atoms with Gasteiger partial charge in [0.2, 0.25) is 5.91 Å². The van der Waals surface area contributed by atoms with Gasteiger partial charge < -0.3 is 20.1 Å². The Bertz CT molecular complexity index is 874. The molecule has 0 aliphatic carbocycles. The van der Waals surface area contributed by atoms with Crippen LogP contribution in [0.4, 0.5) is 0 Å². The van der Waals surface area contributed by atoms with E-state index in [1.54, 1.807) is 12.1 Å². The molecular formula is C19H19Cl3N2O4. The van der Waals surface area contributed by atoms with Crippen LogP contribution in [-0.2, 0) is 11.3 Å². The molecule has 9 heteroatoms. The summed E-state index contributed by atoms with van der Waals surface area (Å²) in [4.78, 5) is 24.1. The second-order valence-electron chi connectivity index (χ2n) is 5.63. The highest BCUT2D eigenvalue weighted by Crippen LogP contribution is 2.36.